The van der Waals surface area contributed by atoms with Crippen molar-refractivity contribution in [3.05, 3.63) is 30.1 Å². The number of nitrogens with zero attached hydrogens (tertiary/aromatic N) is 1. The minimum Gasteiger partial charge on any atom is -0.293 e. The Morgan fingerprint density at radius 1 is 1.45 bits per heavy atom. The summed E-state index contributed by atoms with van der Waals surface area (Å²) in [5.74, 6) is -0.0339. The number of carbonyl (C=O) groups excluding carboxylic acids is 1. The van der Waals surface area contributed by atoms with Gasteiger partial charge in [0.1, 0.15) is 0 Å². The molecule has 1 rings (SSSR count). The fourth-order valence-corrected chi connectivity index (χ4v) is 0.769. The predicted octanol–water partition coefficient (Wildman–Crippen LogP) is 1.92. The second-order valence-corrected chi connectivity index (χ2v) is 2.06. The van der Waals surface area contributed by atoms with Gasteiger partial charge in [-0.2, -0.15) is 0 Å². The first-order valence-corrected chi connectivity index (χ1v) is 3.37. The predicted molar refractivity (Wildman–Crippen MR) is 46.5 cm³/mol. The van der Waals surface area contributed by atoms with Crippen LogP contribution in [0.5, 0.6) is 0 Å². The first kappa shape index (κ1) is 10.4. The molecule has 0 radical (unpaired) electrons. The van der Waals surface area contributed by atoms with Gasteiger partial charge >= 0.3 is 0 Å². The van der Waals surface area contributed by atoms with Crippen molar-refractivity contribution in [3.8, 4) is 0 Å². The Labute approximate surface area is 76.0 Å². The molecule has 1 heterocycles. The largest absolute Gasteiger partial charge is 0.293 e. The van der Waals surface area contributed by atoms with Crippen LogP contribution in [0.25, 0.3) is 0 Å². The van der Waals surface area contributed by atoms with E-state index in [0.717, 1.165) is 0 Å². The van der Waals surface area contributed by atoms with E-state index in [2.05, 4.69) is 4.98 Å². The van der Waals surface area contributed by atoms with Crippen molar-refractivity contribution in [1.82, 2.24) is 4.98 Å². The summed E-state index contributed by atoms with van der Waals surface area (Å²) in [5.41, 5.74) is 0.616. The topological polar surface area (TPSA) is 30.0 Å². The van der Waals surface area contributed by atoms with Gasteiger partial charge in [-0.15, -0.1) is 24.0 Å². The van der Waals surface area contributed by atoms with Gasteiger partial charge in [0.15, 0.2) is 5.78 Å². The van der Waals surface area contributed by atoms with Crippen LogP contribution in [0.2, 0.25) is 0 Å². The molecule has 0 aliphatic carbocycles. The summed E-state index contributed by atoms with van der Waals surface area (Å²) in [7, 11) is 0. The molecule has 2 nitrogen and oxygen atoms in total. The summed E-state index contributed by atoms with van der Waals surface area (Å²) < 4.78 is 0. The van der Waals surface area contributed by atoms with E-state index in [0.29, 0.717) is 5.56 Å². The van der Waals surface area contributed by atoms with Gasteiger partial charge in [-0.25, -0.2) is 0 Å². The molecule has 0 N–H and O–H groups in total. The Balaban J connectivity index is 0.000001000. The molecule has 4 heteroatoms. The average Bonchev–Trinajstić information content (AvgIpc) is 2.05. The Kier molecular flexibility index (Phi) is 4.83. The molecule has 0 atom stereocenters. The first-order valence-electron chi connectivity index (χ1n) is 2.84. The maximum Gasteiger partial charge on any atom is 0.177 e. The van der Waals surface area contributed by atoms with Crippen molar-refractivity contribution in [1.29, 1.82) is 0 Å². The Bertz CT molecular complexity index is 225. The maximum atomic E-state index is 10.9. The zero-order valence-electron chi connectivity index (χ0n) is 5.66. The number of rotatable bonds is 2. The number of carbonyl (C=O) groups is 1. The van der Waals surface area contributed by atoms with Gasteiger partial charge in [-0.1, -0.05) is 0 Å². The fourth-order valence-electron chi connectivity index (χ4n) is 0.615. The van der Waals surface area contributed by atoms with Crippen LogP contribution >= 0.6 is 24.0 Å². The molecule has 0 aliphatic rings. The minimum absolute atomic E-state index is 0. The zero-order valence-corrected chi connectivity index (χ0v) is 7.23. The molecular formula is C7H7Cl2NO. The molecule has 0 aromatic carbocycles. The van der Waals surface area contributed by atoms with Gasteiger partial charge in [0.2, 0.25) is 0 Å². The molecule has 11 heavy (non-hydrogen) atoms. The van der Waals surface area contributed by atoms with Gasteiger partial charge in [0.05, 0.1) is 5.88 Å². The van der Waals surface area contributed by atoms with Crippen LogP contribution in [0.4, 0.5) is 0 Å². The summed E-state index contributed by atoms with van der Waals surface area (Å²) in [5, 5.41) is 0. The van der Waals surface area contributed by atoms with Gasteiger partial charge in [-0.3, -0.25) is 9.78 Å². The van der Waals surface area contributed by atoms with Crippen LogP contribution in [0.1, 0.15) is 10.4 Å². The standard InChI is InChI=1S/C7H6ClNO.ClH/c8-5-7(10)6-1-3-9-4-2-6;/h1-4H,5H2;1H. The molecule has 0 unspecified atom stereocenters. The lowest BCUT2D eigenvalue weighted by Gasteiger charge is -1.92. The van der Waals surface area contributed by atoms with Crippen LogP contribution in [-0.2, 0) is 0 Å². The lowest BCUT2D eigenvalue weighted by atomic mass is 10.2. The molecular weight excluding hydrogens is 185 g/mol. The van der Waals surface area contributed by atoms with Crippen molar-refractivity contribution < 1.29 is 4.79 Å². The van der Waals surface area contributed by atoms with Crippen LogP contribution in [0, 0.1) is 0 Å². The van der Waals surface area contributed by atoms with E-state index < -0.39 is 0 Å². The molecule has 0 saturated heterocycles. The molecule has 1 aromatic heterocycles. The highest BCUT2D eigenvalue weighted by molar-refractivity contribution is 6.30. The summed E-state index contributed by atoms with van der Waals surface area (Å²) in [4.78, 5) is 14.6. The monoisotopic (exact) mass is 191 g/mol. The summed E-state index contributed by atoms with van der Waals surface area (Å²) in [6.45, 7) is 0. The van der Waals surface area contributed by atoms with Crippen LogP contribution in [0.3, 0.4) is 0 Å². The first-order chi connectivity index (χ1) is 4.84. The molecule has 1 aromatic rings. The minimum atomic E-state index is -0.0657. The highest BCUT2D eigenvalue weighted by atomic mass is 35.5. The number of hydrogen-bond donors (Lipinski definition) is 0. The van der Waals surface area contributed by atoms with E-state index >= 15 is 0 Å². The third kappa shape index (κ3) is 2.87. The molecule has 0 aliphatic heterocycles. The lowest BCUT2D eigenvalue weighted by molar-refractivity contribution is 0.102. The van der Waals surface area contributed by atoms with Gasteiger partial charge < -0.3 is 0 Å². The molecule has 60 valence electrons. The van der Waals surface area contributed by atoms with Gasteiger partial charge in [0.25, 0.3) is 0 Å². The number of Topliss-reactive ketones (excluding diaryl/α,β-unsaturated/α-hetero) is 1. The molecule has 0 amide bonds. The average molecular weight is 192 g/mol. The fraction of sp³-hybridized carbons (Fsp3) is 0.143. The SMILES string of the molecule is Cl.O=C(CCl)c1ccncc1. The number of aromatic nitrogens is 1. The summed E-state index contributed by atoms with van der Waals surface area (Å²) in [6.07, 6.45) is 3.14. The van der Waals surface area contributed by atoms with Crippen molar-refractivity contribution in [2.75, 3.05) is 5.88 Å². The van der Waals surface area contributed by atoms with Crippen LogP contribution in [-0.4, -0.2) is 16.6 Å². The van der Waals surface area contributed by atoms with Crippen molar-refractivity contribution in [2.45, 2.75) is 0 Å². The quantitative estimate of drug-likeness (QED) is 0.529. The number of alkyl halides is 1. The van der Waals surface area contributed by atoms with Crippen molar-refractivity contribution in [3.63, 3.8) is 0 Å². The number of pyridine rings is 1. The Morgan fingerprint density at radius 2 is 2.00 bits per heavy atom. The second kappa shape index (κ2) is 5.10. The number of ketones is 1. The van der Waals surface area contributed by atoms with Crippen molar-refractivity contribution >= 4 is 29.8 Å². The van der Waals surface area contributed by atoms with Crippen LogP contribution < -0.4 is 0 Å². The third-order valence-electron chi connectivity index (χ3n) is 1.12. The summed E-state index contributed by atoms with van der Waals surface area (Å²) >= 11 is 5.32. The van der Waals surface area contributed by atoms with Crippen LogP contribution in [0.15, 0.2) is 24.5 Å². The highest BCUT2D eigenvalue weighted by Gasteiger charge is 2.00. The number of halogens is 2. The number of hydrogen-bond acceptors (Lipinski definition) is 2. The Hall–Kier alpha value is -0.600. The van der Waals surface area contributed by atoms with E-state index in [9.17, 15) is 4.79 Å². The molecule has 0 spiro atoms. The van der Waals surface area contributed by atoms with Gasteiger partial charge in [-0.05, 0) is 12.1 Å². The maximum absolute atomic E-state index is 10.9. The van der Waals surface area contributed by atoms with E-state index in [1.54, 1.807) is 24.5 Å². The normalized spacial score (nSPS) is 8.45. The Morgan fingerprint density at radius 3 is 2.45 bits per heavy atom. The smallest absolute Gasteiger partial charge is 0.177 e. The second-order valence-electron chi connectivity index (χ2n) is 1.79. The van der Waals surface area contributed by atoms with E-state index in [-0.39, 0.29) is 24.1 Å². The molecule has 0 saturated carbocycles. The van der Waals surface area contributed by atoms with E-state index in [4.69, 9.17) is 11.6 Å². The zero-order chi connectivity index (χ0) is 7.40. The van der Waals surface area contributed by atoms with Crippen molar-refractivity contribution in [2.24, 2.45) is 0 Å². The molecule has 0 fully saturated rings. The summed E-state index contributed by atoms with van der Waals surface area (Å²) in [6, 6.07) is 3.29. The molecule has 0 bridgehead atoms. The third-order valence-corrected chi connectivity index (χ3v) is 1.37. The highest BCUT2D eigenvalue weighted by Crippen LogP contribution is 1.98. The van der Waals surface area contributed by atoms with E-state index in [1.807, 2.05) is 0 Å². The van der Waals surface area contributed by atoms with E-state index in [1.165, 1.54) is 0 Å². The van der Waals surface area contributed by atoms with Gasteiger partial charge in [0, 0.05) is 18.0 Å². The lowest BCUT2D eigenvalue weighted by Crippen LogP contribution is -1.99.